The van der Waals surface area contributed by atoms with Crippen molar-refractivity contribution in [3.63, 3.8) is 0 Å². The molecule has 1 aliphatic rings. The third kappa shape index (κ3) is 3.06. The highest BCUT2D eigenvalue weighted by Crippen LogP contribution is 2.38. The van der Waals surface area contributed by atoms with Crippen LogP contribution in [0.4, 0.5) is 0 Å². The summed E-state index contributed by atoms with van der Waals surface area (Å²) in [5, 5.41) is 20.4. The van der Waals surface area contributed by atoms with E-state index in [1.165, 1.54) is 6.92 Å². The average molecular weight is 252 g/mol. The van der Waals surface area contributed by atoms with Gasteiger partial charge >= 0.3 is 5.97 Å². The maximum absolute atomic E-state index is 11.7. The molecular weight excluding hydrogens is 236 g/mol. The van der Waals surface area contributed by atoms with Gasteiger partial charge in [-0.1, -0.05) is 0 Å². The predicted molar refractivity (Wildman–Crippen MR) is 61.4 cm³/mol. The highest BCUT2D eigenvalue weighted by molar-refractivity contribution is 5.89. The zero-order valence-electron chi connectivity index (χ0n) is 10.2. The number of amides is 1. The number of hydrogen-bond donors (Lipinski definition) is 2. The SMILES string of the molecule is CC(=O)N[C@@H](CC[C@@]1(C#N)CCCC1=O)C(=O)O. The third-order valence-corrected chi connectivity index (χ3v) is 3.29. The molecule has 0 aromatic rings. The molecule has 0 aromatic carbocycles. The van der Waals surface area contributed by atoms with Crippen molar-refractivity contribution in [3.8, 4) is 6.07 Å². The van der Waals surface area contributed by atoms with E-state index in [4.69, 9.17) is 10.4 Å². The van der Waals surface area contributed by atoms with Crippen molar-refractivity contribution in [3.05, 3.63) is 0 Å². The molecule has 1 aliphatic carbocycles. The highest BCUT2D eigenvalue weighted by atomic mass is 16.4. The fraction of sp³-hybridized carbons (Fsp3) is 0.667. The van der Waals surface area contributed by atoms with Gasteiger partial charge in [-0.2, -0.15) is 5.26 Å². The van der Waals surface area contributed by atoms with Crippen molar-refractivity contribution in [2.45, 2.75) is 45.1 Å². The number of aliphatic carboxylic acids is 1. The number of nitriles is 1. The maximum atomic E-state index is 11.7. The van der Waals surface area contributed by atoms with Crippen LogP contribution in [0.1, 0.15) is 39.0 Å². The smallest absolute Gasteiger partial charge is 0.326 e. The minimum absolute atomic E-state index is 0.0915. The van der Waals surface area contributed by atoms with Crippen molar-refractivity contribution in [1.29, 1.82) is 5.26 Å². The molecule has 0 spiro atoms. The molecule has 1 amide bonds. The Morgan fingerprint density at radius 1 is 1.61 bits per heavy atom. The standard InChI is InChI=1S/C12H16N2O4/c1-8(15)14-9(11(17)18)4-6-12(7-13)5-2-3-10(12)16/h9H,2-6H2,1H3,(H,14,15)(H,17,18)/t9-,12+/m0/s1. The van der Waals surface area contributed by atoms with Gasteiger partial charge in [0.2, 0.25) is 5.91 Å². The maximum Gasteiger partial charge on any atom is 0.326 e. The summed E-state index contributed by atoms with van der Waals surface area (Å²) in [6, 6.07) is 0.979. The summed E-state index contributed by atoms with van der Waals surface area (Å²) in [6.07, 6.45) is 1.80. The molecule has 6 nitrogen and oxygen atoms in total. The lowest BCUT2D eigenvalue weighted by molar-refractivity contribution is -0.142. The zero-order valence-corrected chi connectivity index (χ0v) is 10.2. The molecule has 2 atom stereocenters. The van der Waals surface area contributed by atoms with Crippen LogP contribution in [0.5, 0.6) is 0 Å². The number of carbonyl (C=O) groups excluding carboxylic acids is 2. The molecule has 6 heteroatoms. The number of Topliss-reactive ketones (excluding diaryl/α,β-unsaturated/α-hetero) is 1. The topological polar surface area (TPSA) is 107 Å². The lowest BCUT2D eigenvalue weighted by Gasteiger charge is -2.21. The van der Waals surface area contributed by atoms with Gasteiger partial charge in [0.1, 0.15) is 11.5 Å². The second-order valence-electron chi connectivity index (χ2n) is 4.60. The largest absolute Gasteiger partial charge is 0.480 e. The number of nitrogens with one attached hydrogen (secondary N) is 1. The van der Waals surface area contributed by atoms with Gasteiger partial charge in [0.25, 0.3) is 0 Å². The molecule has 98 valence electrons. The van der Waals surface area contributed by atoms with E-state index in [9.17, 15) is 14.4 Å². The fourth-order valence-electron chi connectivity index (χ4n) is 2.26. The van der Waals surface area contributed by atoms with Crippen LogP contribution in [0.3, 0.4) is 0 Å². The van der Waals surface area contributed by atoms with E-state index in [0.29, 0.717) is 19.3 Å². The summed E-state index contributed by atoms with van der Waals surface area (Å²) in [7, 11) is 0. The second-order valence-corrected chi connectivity index (χ2v) is 4.60. The molecule has 18 heavy (non-hydrogen) atoms. The van der Waals surface area contributed by atoms with E-state index >= 15 is 0 Å². The first kappa shape index (κ1) is 14.2. The quantitative estimate of drug-likeness (QED) is 0.745. The van der Waals surface area contributed by atoms with Gasteiger partial charge in [-0.05, 0) is 25.7 Å². The first-order chi connectivity index (χ1) is 8.41. The second kappa shape index (κ2) is 5.63. The van der Waals surface area contributed by atoms with Crippen LogP contribution >= 0.6 is 0 Å². The molecule has 0 saturated heterocycles. The van der Waals surface area contributed by atoms with E-state index in [1.807, 2.05) is 6.07 Å². The molecule has 0 aliphatic heterocycles. The molecule has 0 aromatic heterocycles. The van der Waals surface area contributed by atoms with E-state index in [1.54, 1.807) is 0 Å². The van der Waals surface area contributed by atoms with Crippen LogP contribution < -0.4 is 5.32 Å². The predicted octanol–water partition coefficient (Wildman–Crippen LogP) is 0.619. The van der Waals surface area contributed by atoms with Crippen molar-refractivity contribution < 1.29 is 19.5 Å². The Labute approximate surface area is 105 Å². The molecule has 1 saturated carbocycles. The van der Waals surface area contributed by atoms with E-state index in [0.717, 1.165) is 0 Å². The zero-order chi connectivity index (χ0) is 13.8. The summed E-state index contributed by atoms with van der Waals surface area (Å²) in [5.74, 6) is -1.70. The Balaban J connectivity index is 2.66. The number of carbonyl (C=O) groups is 3. The van der Waals surface area contributed by atoms with Gasteiger partial charge in [-0.25, -0.2) is 4.79 Å². The Hall–Kier alpha value is -1.90. The van der Waals surface area contributed by atoms with Crippen molar-refractivity contribution in [1.82, 2.24) is 5.32 Å². The molecule has 0 bridgehead atoms. The molecule has 0 radical (unpaired) electrons. The molecule has 1 fully saturated rings. The van der Waals surface area contributed by atoms with E-state index in [-0.39, 0.29) is 18.6 Å². The molecular formula is C12H16N2O4. The van der Waals surface area contributed by atoms with Crippen LogP contribution in [0.2, 0.25) is 0 Å². The number of ketones is 1. The summed E-state index contributed by atoms with van der Waals surface area (Å²) >= 11 is 0. The van der Waals surface area contributed by atoms with Gasteiger partial charge in [-0.15, -0.1) is 0 Å². The summed E-state index contributed by atoms with van der Waals surface area (Å²) in [4.78, 5) is 33.5. The number of carboxylic acids is 1. The minimum atomic E-state index is -1.15. The number of hydrogen-bond acceptors (Lipinski definition) is 4. The molecule has 1 rings (SSSR count). The van der Waals surface area contributed by atoms with Crippen LogP contribution in [-0.2, 0) is 14.4 Å². The lowest BCUT2D eigenvalue weighted by Crippen LogP contribution is -2.41. The van der Waals surface area contributed by atoms with Crippen molar-refractivity contribution >= 4 is 17.7 Å². The first-order valence-corrected chi connectivity index (χ1v) is 5.86. The van der Waals surface area contributed by atoms with Crippen LogP contribution in [0.15, 0.2) is 0 Å². The van der Waals surface area contributed by atoms with Gasteiger partial charge in [0, 0.05) is 13.3 Å². The number of nitrogens with zero attached hydrogens (tertiary/aromatic N) is 1. The monoisotopic (exact) mass is 252 g/mol. The Kier molecular flexibility index (Phi) is 4.43. The van der Waals surface area contributed by atoms with Gasteiger partial charge in [-0.3, -0.25) is 9.59 Å². The summed E-state index contributed by atoms with van der Waals surface area (Å²) in [6.45, 7) is 1.23. The lowest BCUT2D eigenvalue weighted by atomic mass is 9.81. The molecule has 0 heterocycles. The van der Waals surface area contributed by atoms with Crippen LogP contribution in [0.25, 0.3) is 0 Å². The first-order valence-electron chi connectivity index (χ1n) is 5.86. The average Bonchev–Trinajstić information content (AvgIpc) is 2.66. The fourth-order valence-corrected chi connectivity index (χ4v) is 2.26. The third-order valence-electron chi connectivity index (χ3n) is 3.29. The van der Waals surface area contributed by atoms with Gasteiger partial charge < -0.3 is 10.4 Å². The van der Waals surface area contributed by atoms with Gasteiger partial charge in [0.15, 0.2) is 5.78 Å². The molecule has 0 unspecified atom stereocenters. The highest BCUT2D eigenvalue weighted by Gasteiger charge is 2.42. The van der Waals surface area contributed by atoms with E-state index < -0.39 is 23.3 Å². The van der Waals surface area contributed by atoms with Crippen molar-refractivity contribution in [2.75, 3.05) is 0 Å². The van der Waals surface area contributed by atoms with Gasteiger partial charge in [0.05, 0.1) is 6.07 Å². The Bertz CT molecular complexity index is 413. The number of rotatable bonds is 5. The van der Waals surface area contributed by atoms with Crippen molar-refractivity contribution in [2.24, 2.45) is 5.41 Å². The summed E-state index contributed by atoms with van der Waals surface area (Å²) < 4.78 is 0. The van der Waals surface area contributed by atoms with E-state index in [2.05, 4.69) is 5.32 Å². The number of carboxylic acid groups (broad SMARTS) is 1. The normalized spacial score (nSPS) is 24.3. The Morgan fingerprint density at radius 3 is 2.67 bits per heavy atom. The molecule has 2 N–H and O–H groups in total. The minimum Gasteiger partial charge on any atom is -0.480 e. The summed E-state index contributed by atoms with van der Waals surface area (Å²) in [5.41, 5.74) is -1.05. The van der Waals surface area contributed by atoms with Crippen LogP contribution in [0, 0.1) is 16.7 Å². The Morgan fingerprint density at radius 2 is 2.28 bits per heavy atom. The van der Waals surface area contributed by atoms with Crippen LogP contribution in [-0.4, -0.2) is 28.8 Å².